The molecule has 2 aromatic rings. The van der Waals surface area contributed by atoms with Crippen LogP contribution in [0.15, 0.2) is 42.5 Å². The number of methoxy groups -OCH3 is 1. The second-order valence-electron chi connectivity index (χ2n) is 5.48. The maximum atomic E-state index is 9.96. The molecule has 0 spiro atoms. The molecule has 21 heavy (non-hydrogen) atoms. The first-order chi connectivity index (χ1) is 10.2. The zero-order valence-electron chi connectivity index (χ0n) is 12.3. The van der Waals surface area contributed by atoms with E-state index in [4.69, 9.17) is 4.74 Å². The number of nitrogens with zero attached hydrogens (tertiary/aromatic N) is 1. The van der Waals surface area contributed by atoms with E-state index in [1.807, 2.05) is 30.3 Å². The van der Waals surface area contributed by atoms with E-state index in [0.29, 0.717) is 5.75 Å². The molecule has 4 nitrogen and oxygen atoms in total. The number of aromatic hydroxyl groups is 1. The normalized spacial score (nSPS) is 18.1. The third-order valence-electron chi connectivity index (χ3n) is 3.87. The van der Waals surface area contributed by atoms with Gasteiger partial charge in [-0.2, -0.15) is 0 Å². The lowest BCUT2D eigenvalue weighted by Gasteiger charge is -2.33. The number of anilines is 1. The average Bonchev–Trinajstić information content (AvgIpc) is 2.47. The van der Waals surface area contributed by atoms with Crippen molar-refractivity contribution in [3.05, 3.63) is 53.6 Å². The van der Waals surface area contributed by atoms with Crippen LogP contribution in [0.4, 0.5) is 5.69 Å². The summed E-state index contributed by atoms with van der Waals surface area (Å²) in [4.78, 5) is 2.24. The number of rotatable bonds is 3. The molecule has 1 aliphatic heterocycles. The quantitative estimate of drug-likeness (QED) is 0.909. The lowest BCUT2D eigenvalue weighted by Crippen LogP contribution is -2.34. The molecule has 110 valence electrons. The summed E-state index contributed by atoms with van der Waals surface area (Å²) in [6.07, 6.45) is 0. The predicted octanol–water partition coefficient (Wildman–Crippen LogP) is 3.00. The van der Waals surface area contributed by atoms with Crippen LogP contribution in [-0.4, -0.2) is 30.7 Å². The molecule has 1 heterocycles. The zero-order chi connectivity index (χ0) is 14.8. The molecule has 0 radical (unpaired) electrons. The summed E-state index contributed by atoms with van der Waals surface area (Å²) in [5.41, 5.74) is 3.41. The highest BCUT2D eigenvalue weighted by molar-refractivity contribution is 5.52. The van der Waals surface area contributed by atoms with Gasteiger partial charge in [0.1, 0.15) is 0 Å². The Morgan fingerprint density at radius 1 is 1.24 bits per heavy atom. The number of ether oxygens (including phenoxy) is 1. The molecule has 0 bridgehead atoms. The minimum atomic E-state index is 0.177. The highest BCUT2D eigenvalue weighted by atomic mass is 16.5. The van der Waals surface area contributed by atoms with Gasteiger partial charge >= 0.3 is 0 Å². The number of nitrogens with one attached hydrogen (secondary N) is 1. The van der Waals surface area contributed by atoms with Gasteiger partial charge in [-0.1, -0.05) is 18.2 Å². The Morgan fingerprint density at radius 3 is 2.71 bits per heavy atom. The second kappa shape index (κ2) is 5.66. The van der Waals surface area contributed by atoms with Crippen molar-refractivity contribution in [2.45, 2.75) is 12.6 Å². The maximum absolute atomic E-state index is 9.96. The van der Waals surface area contributed by atoms with Crippen molar-refractivity contribution >= 4 is 5.69 Å². The number of likely N-dealkylation sites (N-methyl/N-ethyl adjacent to an activating group) is 1. The number of para-hydroxylation sites is 1. The van der Waals surface area contributed by atoms with Crippen LogP contribution in [0.5, 0.6) is 11.5 Å². The van der Waals surface area contributed by atoms with E-state index in [-0.39, 0.29) is 11.8 Å². The molecule has 1 aliphatic rings. The number of hydrogen-bond acceptors (Lipinski definition) is 4. The van der Waals surface area contributed by atoms with Crippen molar-refractivity contribution in [3.8, 4) is 11.5 Å². The summed E-state index contributed by atoms with van der Waals surface area (Å²) in [7, 11) is 3.67. The summed E-state index contributed by atoms with van der Waals surface area (Å²) >= 11 is 0. The van der Waals surface area contributed by atoms with Crippen molar-refractivity contribution in [3.63, 3.8) is 0 Å². The summed E-state index contributed by atoms with van der Waals surface area (Å²) in [6, 6.07) is 14.1. The lowest BCUT2D eigenvalue weighted by atomic mass is 9.94. The van der Waals surface area contributed by atoms with Crippen LogP contribution in [-0.2, 0) is 6.54 Å². The van der Waals surface area contributed by atoms with Crippen LogP contribution in [0.25, 0.3) is 0 Å². The standard InChI is InChI=1S/C17H20N2O2/c1-19-10-12-8-16(20)17(21-2)9-14(12)15(11-19)18-13-6-4-3-5-7-13/h3-9,15,18,20H,10-11H2,1-2H3. The van der Waals surface area contributed by atoms with Crippen LogP contribution < -0.4 is 10.1 Å². The van der Waals surface area contributed by atoms with Crippen molar-refractivity contribution < 1.29 is 9.84 Å². The number of benzene rings is 2. The van der Waals surface area contributed by atoms with Gasteiger partial charge in [0.2, 0.25) is 0 Å². The van der Waals surface area contributed by atoms with Gasteiger partial charge in [-0.3, -0.25) is 4.90 Å². The fraction of sp³-hybridized carbons (Fsp3) is 0.294. The minimum Gasteiger partial charge on any atom is -0.504 e. The maximum Gasteiger partial charge on any atom is 0.160 e. The van der Waals surface area contributed by atoms with E-state index in [0.717, 1.165) is 24.3 Å². The van der Waals surface area contributed by atoms with E-state index in [1.54, 1.807) is 7.11 Å². The van der Waals surface area contributed by atoms with Gasteiger partial charge in [-0.05, 0) is 42.4 Å². The molecule has 2 aromatic carbocycles. The van der Waals surface area contributed by atoms with Gasteiger partial charge in [0.25, 0.3) is 0 Å². The first-order valence-corrected chi connectivity index (χ1v) is 7.07. The number of phenols is 1. The van der Waals surface area contributed by atoms with Crippen molar-refractivity contribution in [2.24, 2.45) is 0 Å². The molecule has 2 N–H and O–H groups in total. The Morgan fingerprint density at radius 2 is 2.00 bits per heavy atom. The van der Waals surface area contributed by atoms with Crippen LogP contribution in [0.2, 0.25) is 0 Å². The van der Waals surface area contributed by atoms with Gasteiger partial charge < -0.3 is 15.2 Å². The molecule has 0 saturated carbocycles. The van der Waals surface area contributed by atoms with Crippen molar-refractivity contribution in [2.75, 3.05) is 26.0 Å². The largest absolute Gasteiger partial charge is 0.504 e. The van der Waals surface area contributed by atoms with Crippen LogP contribution >= 0.6 is 0 Å². The fourth-order valence-corrected chi connectivity index (χ4v) is 2.88. The van der Waals surface area contributed by atoms with Crippen molar-refractivity contribution in [1.29, 1.82) is 0 Å². The molecule has 0 saturated heterocycles. The zero-order valence-corrected chi connectivity index (χ0v) is 12.3. The Balaban J connectivity index is 1.96. The molecular formula is C17H20N2O2. The topological polar surface area (TPSA) is 44.7 Å². The van der Waals surface area contributed by atoms with E-state index in [1.165, 1.54) is 5.56 Å². The van der Waals surface area contributed by atoms with E-state index >= 15 is 0 Å². The smallest absolute Gasteiger partial charge is 0.160 e. The molecule has 1 atom stereocenters. The number of fused-ring (bicyclic) bond motifs is 1. The first kappa shape index (κ1) is 13.8. The Bertz CT molecular complexity index is 628. The van der Waals surface area contributed by atoms with Crippen LogP contribution in [0, 0.1) is 0 Å². The minimum absolute atomic E-state index is 0.177. The third kappa shape index (κ3) is 2.81. The summed E-state index contributed by atoms with van der Waals surface area (Å²) < 4.78 is 5.25. The molecule has 3 rings (SSSR count). The Labute approximate surface area is 125 Å². The van der Waals surface area contributed by atoms with Gasteiger partial charge in [0.15, 0.2) is 11.5 Å². The number of hydrogen-bond donors (Lipinski definition) is 2. The lowest BCUT2D eigenvalue weighted by molar-refractivity contribution is 0.288. The SMILES string of the molecule is COc1cc2c(cc1O)CN(C)CC2Nc1ccccc1. The van der Waals surface area contributed by atoms with Gasteiger partial charge in [-0.15, -0.1) is 0 Å². The molecule has 0 amide bonds. The van der Waals surface area contributed by atoms with Gasteiger partial charge in [0, 0.05) is 18.8 Å². The number of phenolic OH excluding ortho intramolecular Hbond substituents is 1. The second-order valence-corrected chi connectivity index (χ2v) is 5.48. The third-order valence-corrected chi connectivity index (χ3v) is 3.87. The summed E-state index contributed by atoms with van der Waals surface area (Å²) in [5, 5.41) is 13.5. The Hall–Kier alpha value is -2.20. The molecule has 1 unspecified atom stereocenters. The summed E-state index contributed by atoms with van der Waals surface area (Å²) in [5.74, 6) is 0.725. The van der Waals surface area contributed by atoms with E-state index in [9.17, 15) is 5.11 Å². The highest BCUT2D eigenvalue weighted by Gasteiger charge is 2.25. The van der Waals surface area contributed by atoms with Crippen LogP contribution in [0.3, 0.4) is 0 Å². The van der Waals surface area contributed by atoms with Crippen LogP contribution in [0.1, 0.15) is 17.2 Å². The summed E-state index contributed by atoms with van der Waals surface area (Å²) in [6.45, 7) is 1.75. The van der Waals surface area contributed by atoms with Gasteiger partial charge in [-0.25, -0.2) is 0 Å². The van der Waals surface area contributed by atoms with Gasteiger partial charge in [0.05, 0.1) is 13.2 Å². The molecule has 4 heteroatoms. The van der Waals surface area contributed by atoms with Crippen molar-refractivity contribution in [1.82, 2.24) is 4.90 Å². The van der Waals surface area contributed by atoms with E-state index in [2.05, 4.69) is 29.4 Å². The Kier molecular flexibility index (Phi) is 3.71. The molecule has 0 aliphatic carbocycles. The molecule has 0 aromatic heterocycles. The average molecular weight is 284 g/mol. The highest BCUT2D eigenvalue weighted by Crippen LogP contribution is 2.36. The first-order valence-electron chi connectivity index (χ1n) is 7.07. The molecule has 0 fully saturated rings. The monoisotopic (exact) mass is 284 g/mol. The fourth-order valence-electron chi connectivity index (χ4n) is 2.88. The predicted molar refractivity (Wildman–Crippen MR) is 83.8 cm³/mol. The molecular weight excluding hydrogens is 264 g/mol. The van der Waals surface area contributed by atoms with E-state index < -0.39 is 0 Å².